The first-order valence-corrected chi connectivity index (χ1v) is 15.9. The highest BCUT2D eigenvalue weighted by Crippen LogP contribution is 2.53. The number of likely N-dealkylation sites (N-methyl/N-ethyl adjacent to an activating group) is 1. The highest BCUT2D eigenvalue weighted by Gasteiger charge is 2.63. The van der Waals surface area contributed by atoms with Crippen molar-refractivity contribution in [2.24, 2.45) is 0 Å². The molecule has 0 bridgehead atoms. The number of carbonyl (C=O) groups excluding carboxylic acids is 2. The number of sulfonamides is 1. The molecule has 1 fully saturated rings. The molecule has 1 N–H and O–H groups in total. The van der Waals surface area contributed by atoms with Crippen molar-refractivity contribution in [2.45, 2.75) is 29.0 Å². The van der Waals surface area contributed by atoms with Crippen LogP contribution in [0.15, 0.2) is 77.8 Å². The first-order valence-electron chi connectivity index (χ1n) is 14.1. The highest BCUT2D eigenvalue weighted by molar-refractivity contribution is 7.93. The molecule has 3 aromatic carbocycles. The molecule has 4 aromatic rings. The first kappa shape index (κ1) is 30.8. The standard InChI is InChI=1S/C32H31ClN4O7S/c1-35(2)30(39)27-15-22(38)18-36(27)32(20-13-19-7-5-6-8-25(19)34-17-20)24-14-21(33)9-11-26(24)37(31(32)40)45(41,42)29-12-10-23(43-3)16-28(29)44-4/h5-14,16-17,22,27,38H,15,18H2,1-4H3/t22-,27+,32?/m1/s1. The summed E-state index contributed by atoms with van der Waals surface area (Å²) in [6.07, 6.45) is 0.561. The van der Waals surface area contributed by atoms with E-state index in [0.29, 0.717) is 22.2 Å². The van der Waals surface area contributed by atoms with Crippen LogP contribution in [0.5, 0.6) is 11.5 Å². The number of aromatic nitrogens is 1. The number of aliphatic hydroxyl groups excluding tert-OH is 1. The Kier molecular flexibility index (Phi) is 7.72. The number of likely N-dealkylation sites (tertiary alicyclic amines) is 1. The van der Waals surface area contributed by atoms with Gasteiger partial charge < -0.3 is 19.5 Å². The molecule has 3 atom stereocenters. The van der Waals surface area contributed by atoms with Gasteiger partial charge in [-0.1, -0.05) is 29.8 Å². The molecule has 11 nitrogen and oxygen atoms in total. The Hall–Kier alpha value is -4.23. The minimum absolute atomic E-state index is 0.0280. The minimum atomic E-state index is -4.65. The third-order valence-electron chi connectivity index (χ3n) is 8.39. The van der Waals surface area contributed by atoms with Gasteiger partial charge in [0.05, 0.1) is 37.6 Å². The smallest absolute Gasteiger partial charge is 0.274 e. The largest absolute Gasteiger partial charge is 0.497 e. The molecule has 1 unspecified atom stereocenters. The van der Waals surface area contributed by atoms with Crippen molar-refractivity contribution < 1.29 is 32.6 Å². The van der Waals surface area contributed by atoms with Gasteiger partial charge in [0.25, 0.3) is 15.9 Å². The molecule has 3 heterocycles. The third-order valence-corrected chi connectivity index (χ3v) is 10.4. The number of hydrogen-bond acceptors (Lipinski definition) is 9. The predicted molar refractivity (Wildman–Crippen MR) is 168 cm³/mol. The van der Waals surface area contributed by atoms with Crippen LogP contribution in [-0.2, 0) is 25.2 Å². The second kappa shape index (κ2) is 11.3. The molecule has 2 aliphatic heterocycles. The number of rotatable bonds is 7. The van der Waals surface area contributed by atoms with E-state index in [4.69, 9.17) is 21.1 Å². The second-order valence-electron chi connectivity index (χ2n) is 11.2. The maximum atomic E-state index is 15.3. The van der Waals surface area contributed by atoms with E-state index in [9.17, 15) is 18.3 Å². The number of fused-ring (bicyclic) bond motifs is 2. The van der Waals surface area contributed by atoms with E-state index >= 15 is 4.79 Å². The first-order chi connectivity index (χ1) is 21.4. The third kappa shape index (κ3) is 4.71. The molecular formula is C32H31ClN4O7S. The number of hydrogen-bond donors (Lipinski definition) is 1. The highest BCUT2D eigenvalue weighted by atomic mass is 35.5. The van der Waals surface area contributed by atoms with E-state index in [1.165, 1.54) is 61.7 Å². The van der Waals surface area contributed by atoms with E-state index in [2.05, 4.69) is 4.98 Å². The lowest BCUT2D eigenvalue weighted by molar-refractivity contribution is -0.138. The van der Waals surface area contributed by atoms with Crippen LogP contribution in [0.4, 0.5) is 5.69 Å². The quantitative estimate of drug-likeness (QED) is 0.320. The average Bonchev–Trinajstić information content (AvgIpc) is 3.54. The average molecular weight is 651 g/mol. The summed E-state index contributed by atoms with van der Waals surface area (Å²) in [5, 5.41) is 11.9. The van der Waals surface area contributed by atoms with Gasteiger partial charge in [0.15, 0.2) is 5.54 Å². The molecule has 1 saturated heterocycles. The Labute approximate surface area is 265 Å². The number of β-amino-alcohol motifs (C(OH)–C–C–N with tert-alkyl or cyclic N) is 1. The van der Waals surface area contributed by atoms with Gasteiger partial charge in [-0.15, -0.1) is 0 Å². The predicted octanol–water partition coefficient (Wildman–Crippen LogP) is 3.41. The molecular weight excluding hydrogens is 620 g/mol. The molecule has 2 amide bonds. The van der Waals surface area contributed by atoms with E-state index in [0.717, 1.165) is 4.31 Å². The molecule has 234 valence electrons. The van der Waals surface area contributed by atoms with Gasteiger partial charge in [-0.25, -0.2) is 12.7 Å². The Morgan fingerprint density at radius 1 is 1.07 bits per heavy atom. The summed E-state index contributed by atoms with van der Waals surface area (Å²) < 4.78 is 40.6. The number of nitrogens with zero attached hydrogens (tertiary/aromatic N) is 4. The topological polar surface area (TPSA) is 130 Å². The molecule has 0 radical (unpaired) electrons. The van der Waals surface area contributed by atoms with E-state index in [-0.39, 0.29) is 45.8 Å². The monoisotopic (exact) mass is 650 g/mol. The van der Waals surface area contributed by atoms with Gasteiger partial charge in [0, 0.05) is 54.4 Å². The van der Waals surface area contributed by atoms with Crippen LogP contribution in [0.25, 0.3) is 10.9 Å². The number of ether oxygens (including phenoxy) is 2. The van der Waals surface area contributed by atoms with Gasteiger partial charge in [-0.3, -0.25) is 19.5 Å². The fraction of sp³-hybridized carbons (Fsp3) is 0.281. The lowest BCUT2D eigenvalue weighted by Crippen LogP contribution is -2.59. The Morgan fingerprint density at radius 3 is 2.53 bits per heavy atom. The molecule has 13 heteroatoms. The number of carbonyl (C=O) groups is 2. The van der Waals surface area contributed by atoms with Crippen molar-refractivity contribution in [3.8, 4) is 11.5 Å². The summed E-state index contributed by atoms with van der Waals surface area (Å²) in [6.45, 7) is -0.103. The Morgan fingerprint density at radius 2 is 1.82 bits per heavy atom. The molecule has 45 heavy (non-hydrogen) atoms. The number of benzene rings is 3. The second-order valence-corrected chi connectivity index (χ2v) is 13.4. The summed E-state index contributed by atoms with van der Waals surface area (Å²) >= 11 is 6.55. The van der Waals surface area contributed by atoms with Crippen LogP contribution in [0, 0.1) is 0 Å². The van der Waals surface area contributed by atoms with Gasteiger partial charge in [-0.05, 0) is 48.9 Å². The normalized spacial score (nSPS) is 21.6. The lowest BCUT2D eigenvalue weighted by atomic mass is 9.81. The van der Waals surface area contributed by atoms with Crippen molar-refractivity contribution in [3.05, 3.63) is 89.1 Å². The maximum Gasteiger partial charge on any atom is 0.274 e. The van der Waals surface area contributed by atoms with Crippen molar-refractivity contribution in [3.63, 3.8) is 0 Å². The van der Waals surface area contributed by atoms with Crippen LogP contribution < -0.4 is 13.8 Å². The molecule has 0 aliphatic carbocycles. The molecule has 2 aliphatic rings. The van der Waals surface area contributed by atoms with Crippen molar-refractivity contribution >= 4 is 50.0 Å². The fourth-order valence-electron chi connectivity index (χ4n) is 6.38. The summed E-state index contributed by atoms with van der Waals surface area (Å²) in [5.41, 5.74) is -0.660. The number of anilines is 1. The zero-order valence-corrected chi connectivity index (χ0v) is 26.5. The number of amides is 2. The van der Waals surface area contributed by atoms with Gasteiger partial charge >= 0.3 is 0 Å². The van der Waals surface area contributed by atoms with Crippen LogP contribution in [0.2, 0.25) is 5.02 Å². The molecule has 0 spiro atoms. The number of pyridine rings is 1. The summed E-state index contributed by atoms with van der Waals surface area (Å²) in [7, 11) is 1.29. The SMILES string of the molecule is COc1ccc(S(=O)(=O)N2C(=O)C(c3cnc4ccccc4c3)(N3C[C@H](O)C[C@H]3C(=O)N(C)C)c3cc(Cl)ccc32)c(OC)c1. The summed E-state index contributed by atoms with van der Waals surface area (Å²) in [6, 6.07) is 16.8. The van der Waals surface area contributed by atoms with Gasteiger partial charge in [-0.2, -0.15) is 0 Å². The summed E-state index contributed by atoms with van der Waals surface area (Å²) in [4.78, 5) is 36.2. The van der Waals surface area contributed by atoms with Gasteiger partial charge in [0.1, 0.15) is 16.4 Å². The van der Waals surface area contributed by atoms with Crippen LogP contribution >= 0.6 is 11.6 Å². The molecule has 6 rings (SSSR count). The van der Waals surface area contributed by atoms with Crippen LogP contribution in [0.3, 0.4) is 0 Å². The number of para-hydroxylation sites is 1. The number of aliphatic hydroxyl groups is 1. The Balaban J connectivity index is 1.68. The van der Waals surface area contributed by atoms with Crippen molar-refractivity contribution in [1.82, 2.24) is 14.8 Å². The number of methoxy groups -OCH3 is 2. The van der Waals surface area contributed by atoms with Crippen molar-refractivity contribution in [1.29, 1.82) is 0 Å². The van der Waals surface area contributed by atoms with E-state index < -0.39 is 33.6 Å². The van der Waals surface area contributed by atoms with Crippen LogP contribution in [-0.4, -0.2) is 87.1 Å². The molecule has 0 saturated carbocycles. The zero-order valence-electron chi connectivity index (χ0n) is 25.0. The maximum absolute atomic E-state index is 15.3. The summed E-state index contributed by atoms with van der Waals surface area (Å²) in [5.74, 6) is -0.896. The van der Waals surface area contributed by atoms with Crippen molar-refractivity contribution in [2.75, 3.05) is 39.2 Å². The number of halogens is 1. The fourth-order valence-corrected chi connectivity index (χ4v) is 8.15. The van der Waals surface area contributed by atoms with Gasteiger partial charge in [0.2, 0.25) is 5.91 Å². The van der Waals surface area contributed by atoms with E-state index in [1.807, 2.05) is 24.3 Å². The van der Waals surface area contributed by atoms with E-state index in [1.54, 1.807) is 25.1 Å². The van der Waals surface area contributed by atoms with Crippen LogP contribution in [0.1, 0.15) is 17.5 Å². The lowest BCUT2D eigenvalue weighted by Gasteiger charge is -2.41. The Bertz CT molecular complexity index is 1950. The molecule has 1 aromatic heterocycles. The zero-order chi connectivity index (χ0) is 32.3. The minimum Gasteiger partial charge on any atom is -0.497 e.